The molecule has 0 bridgehead atoms. The fraction of sp³-hybridized carbons (Fsp3) is 0.200. The van der Waals surface area contributed by atoms with Gasteiger partial charge in [-0.3, -0.25) is 0 Å². The molecule has 0 aliphatic carbocycles. The fourth-order valence-electron chi connectivity index (χ4n) is 2.11. The van der Waals surface area contributed by atoms with Gasteiger partial charge < -0.3 is 14.6 Å². The van der Waals surface area contributed by atoms with Crippen LogP contribution in [0.15, 0.2) is 43.0 Å². The van der Waals surface area contributed by atoms with Crippen LogP contribution in [0.1, 0.15) is 6.92 Å². The van der Waals surface area contributed by atoms with Crippen molar-refractivity contribution in [1.82, 2.24) is 14.5 Å². The van der Waals surface area contributed by atoms with Gasteiger partial charge in [0, 0.05) is 24.8 Å². The summed E-state index contributed by atoms with van der Waals surface area (Å²) in [5, 5.41) is 4.26. The number of hydrogen-bond donors (Lipinski definition) is 1. The third kappa shape index (κ3) is 2.42. The average Bonchev–Trinajstić information content (AvgIpc) is 2.85. The molecule has 1 N–H and O–H groups in total. The Morgan fingerprint density at radius 3 is 2.90 bits per heavy atom. The Bertz CT molecular complexity index is 736. The lowest BCUT2D eigenvalue weighted by Crippen LogP contribution is -1.96. The summed E-state index contributed by atoms with van der Waals surface area (Å²) in [5.41, 5.74) is 1.89. The van der Waals surface area contributed by atoms with E-state index >= 15 is 0 Å². The first kappa shape index (κ1) is 12.5. The first-order chi connectivity index (χ1) is 9.76. The molecular formula is C15H16N4O. The molecule has 2 aromatic heterocycles. The molecular weight excluding hydrogens is 252 g/mol. The van der Waals surface area contributed by atoms with E-state index in [-0.39, 0.29) is 0 Å². The Morgan fingerprint density at radius 2 is 2.15 bits per heavy atom. The number of ether oxygens (including phenoxy) is 1. The topological polar surface area (TPSA) is 52.0 Å². The largest absolute Gasteiger partial charge is 0.494 e. The first-order valence-corrected chi connectivity index (χ1v) is 6.53. The average molecular weight is 268 g/mol. The van der Waals surface area contributed by atoms with Gasteiger partial charge in [0.05, 0.1) is 17.8 Å². The highest BCUT2D eigenvalue weighted by Gasteiger charge is 2.06. The predicted octanol–water partition coefficient (Wildman–Crippen LogP) is 3.11. The monoisotopic (exact) mass is 268 g/mol. The van der Waals surface area contributed by atoms with E-state index in [1.807, 2.05) is 55.2 Å². The molecule has 1 aromatic carbocycles. The van der Waals surface area contributed by atoms with Crippen LogP contribution in [0, 0.1) is 0 Å². The van der Waals surface area contributed by atoms with Crippen molar-refractivity contribution in [1.29, 1.82) is 0 Å². The number of hydrogen-bond acceptors (Lipinski definition) is 4. The van der Waals surface area contributed by atoms with Gasteiger partial charge in [0.2, 0.25) is 0 Å². The summed E-state index contributed by atoms with van der Waals surface area (Å²) in [4.78, 5) is 8.60. The SMILES string of the molecule is CCOc1ccc2ncnc(Nc3ccn(C)c3)c2c1. The zero-order valence-corrected chi connectivity index (χ0v) is 11.5. The van der Waals surface area contributed by atoms with E-state index in [0.717, 1.165) is 28.2 Å². The van der Waals surface area contributed by atoms with Gasteiger partial charge in [0.15, 0.2) is 0 Å². The molecule has 0 amide bonds. The van der Waals surface area contributed by atoms with E-state index in [9.17, 15) is 0 Å². The zero-order chi connectivity index (χ0) is 13.9. The molecule has 0 fully saturated rings. The molecule has 0 aliphatic heterocycles. The van der Waals surface area contributed by atoms with E-state index in [0.29, 0.717) is 6.61 Å². The maximum Gasteiger partial charge on any atom is 0.141 e. The lowest BCUT2D eigenvalue weighted by Gasteiger charge is -2.08. The summed E-state index contributed by atoms with van der Waals surface area (Å²) in [7, 11) is 1.98. The van der Waals surface area contributed by atoms with Gasteiger partial charge in [-0.1, -0.05) is 0 Å². The molecule has 102 valence electrons. The summed E-state index contributed by atoms with van der Waals surface area (Å²) in [6.07, 6.45) is 5.55. The van der Waals surface area contributed by atoms with Crippen molar-refractivity contribution in [2.24, 2.45) is 7.05 Å². The maximum absolute atomic E-state index is 5.54. The smallest absolute Gasteiger partial charge is 0.141 e. The Labute approximate surface area is 117 Å². The summed E-state index contributed by atoms with van der Waals surface area (Å²) >= 11 is 0. The van der Waals surface area contributed by atoms with Crippen LogP contribution >= 0.6 is 0 Å². The zero-order valence-electron chi connectivity index (χ0n) is 11.5. The van der Waals surface area contributed by atoms with Crippen LogP contribution in [-0.4, -0.2) is 21.1 Å². The summed E-state index contributed by atoms with van der Waals surface area (Å²) < 4.78 is 7.52. The maximum atomic E-state index is 5.54. The van der Waals surface area contributed by atoms with Crippen LogP contribution in [-0.2, 0) is 7.05 Å². The molecule has 5 nitrogen and oxygen atoms in total. The Kier molecular flexibility index (Phi) is 3.25. The van der Waals surface area contributed by atoms with Crippen LogP contribution in [0.2, 0.25) is 0 Å². The van der Waals surface area contributed by atoms with Crippen molar-refractivity contribution in [3.8, 4) is 5.75 Å². The Morgan fingerprint density at radius 1 is 1.25 bits per heavy atom. The lowest BCUT2D eigenvalue weighted by molar-refractivity contribution is 0.340. The highest BCUT2D eigenvalue weighted by atomic mass is 16.5. The molecule has 3 rings (SSSR count). The molecule has 5 heteroatoms. The van der Waals surface area contributed by atoms with Gasteiger partial charge in [-0.05, 0) is 31.2 Å². The highest BCUT2D eigenvalue weighted by molar-refractivity contribution is 5.91. The number of nitrogens with one attached hydrogen (secondary N) is 1. The number of fused-ring (bicyclic) bond motifs is 1. The molecule has 0 saturated heterocycles. The fourth-order valence-corrected chi connectivity index (χ4v) is 2.11. The molecule has 0 radical (unpaired) electrons. The van der Waals surface area contributed by atoms with Crippen molar-refractivity contribution in [3.05, 3.63) is 43.0 Å². The highest BCUT2D eigenvalue weighted by Crippen LogP contribution is 2.26. The van der Waals surface area contributed by atoms with Gasteiger partial charge in [-0.15, -0.1) is 0 Å². The summed E-state index contributed by atoms with van der Waals surface area (Å²) in [6, 6.07) is 7.83. The minimum Gasteiger partial charge on any atom is -0.494 e. The van der Waals surface area contributed by atoms with Crippen molar-refractivity contribution in [2.75, 3.05) is 11.9 Å². The van der Waals surface area contributed by atoms with Gasteiger partial charge in [0.1, 0.15) is 17.9 Å². The third-order valence-corrected chi connectivity index (χ3v) is 3.01. The summed E-state index contributed by atoms with van der Waals surface area (Å²) in [6.45, 7) is 2.61. The molecule has 0 aliphatic rings. The molecule has 3 aromatic rings. The third-order valence-electron chi connectivity index (χ3n) is 3.01. The minimum atomic E-state index is 0.640. The van der Waals surface area contributed by atoms with Crippen molar-refractivity contribution in [3.63, 3.8) is 0 Å². The van der Waals surface area contributed by atoms with Crippen LogP contribution in [0.5, 0.6) is 5.75 Å². The molecule has 0 saturated carbocycles. The number of aromatic nitrogens is 3. The van der Waals surface area contributed by atoms with Crippen LogP contribution in [0.3, 0.4) is 0 Å². The van der Waals surface area contributed by atoms with Crippen molar-refractivity contribution < 1.29 is 4.74 Å². The van der Waals surface area contributed by atoms with E-state index < -0.39 is 0 Å². The first-order valence-electron chi connectivity index (χ1n) is 6.53. The van der Waals surface area contributed by atoms with E-state index in [1.165, 1.54) is 0 Å². The Balaban J connectivity index is 2.02. The number of aryl methyl sites for hydroxylation is 1. The molecule has 20 heavy (non-hydrogen) atoms. The van der Waals surface area contributed by atoms with Gasteiger partial charge in [-0.2, -0.15) is 0 Å². The second kappa shape index (κ2) is 5.21. The number of nitrogens with zero attached hydrogens (tertiary/aromatic N) is 3. The molecule has 0 atom stereocenters. The number of benzene rings is 1. The van der Waals surface area contributed by atoms with Crippen molar-refractivity contribution >= 4 is 22.4 Å². The lowest BCUT2D eigenvalue weighted by atomic mass is 10.2. The predicted molar refractivity (Wildman–Crippen MR) is 79.4 cm³/mol. The Hall–Kier alpha value is -2.56. The van der Waals surface area contributed by atoms with Crippen molar-refractivity contribution in [2.45, 2.75) is 6.92 Å². The second-order valence-corrected chi connectivity index (χ2v) is 4.52. The number of anilines is 2. The van der Waals surface area contributed by atoms with Crippen LogP contribution < -0.4 is 10.1 Å². The van der Waals surface area contributed by atoms with Gasteiger partial charge in [0.25, 0.3) is 0 Å². The summed E-state index contributed by atoms with van der Waals surface area (Å²) in [5.74, 6) is 1.61. The van der Waals surface area contributed by atoms with Crippen LogP contribution in [0.4, 0.5) is 11.5 Å². The molecule has 0 spiro atoms. The normalized spacial score (nSPS) is 10.7. The standard InChI is InChI=1S/C15H16N4O/c1-3-20-12-4-5-14-13(8-12)15(17-10-16-14)18-11-6-7-19(2)9-11/h4-10H,3H2,1-2H3,(H,16,17,18). The quantitative estimate of drug-likeness (QED) is 0.790. The van der Waals surface area contributed by atoms with E-state index in [4.69, 9.17) is 4.74 Å². The van der Waals surface area contributed by atoms with Gasteiger partial charge >= 0.3 is 0 Å². The van der Waals surface area contributed by atoms with E-state index in [2.05, 4.69) is 15.3 Å². The van der Waals surface area contributed by atoms with Crippen LogP contribution in [0.25, 0.3) is 10.9 Å². The molecule has 2 heterocycles. The molecule has 0 unspecified atom stereocenters. The number of rotatable bonds is 4. The minimum absolute atomic E-state index is 0.640. The second-order valence-electron chi connectivity index (χ2n) is 4.52. The van der Waals surface area contributed by atoms with Gasteiger partial charge in [-0.25, -0.2) is 9.97 Å². The van der Waals surface area contributed by atoms with E-state index in [1.54, 1.807) is 6.33 Å².